The Balaban J connectivity index is 3.05. The van der Waals surface area contributed by atoms with Crippen molar-refractivity contribution >= 4 is 21.4 Å². The average Bonchev–Trinajstić information content (AvgIpc) is 2.83. The molecular formula is C12H15N3O2S2. The lowest BCUT2D eigenvalue weighted by Crippen LogP contribution is -2.34. The van der Waals surface area contributed by atoms with Crippen molar-refractivity contribution < 1.29 is 8.42 Å². The van der Waals surface area contributed by atoms with E-state index in [-0.39, 0.29) is 23.1 Å². The van der Waals surface area contributed by atoms with Gasteiger partial charge in [0.25, 0.3) is 10.0 Å². The summed E-state index contributed by atoms with van der Waals surface area (Å²) in [6.45, 7) is 4.38. The molecule has 0 amide bonds. The van der Waals surface area contributed by atoms with E-state index in [1.54, 1.807) is 0 Å². The van der Waals surface area contributed by atoms with Crippen LogP contribution in [0.5, 0.6) is 0 Å². The van der Waals surface area contributed by atoms with Gasteiger partial charge in [0.15, 0.2) is 0 Å². The predicted molar refractivity (Wildman–Crippen MR) is 72.9 cm³/mol. The van der Waals surface area contributed by atoms with Gasteiger partial charge >= 0.3 is 0 Å². The molecule has 7 heteroatoms. The van der Waals surface area contributed by atoms with E-state index < -0.39 is 10.0 Å². The molecule has 0 radical (unpaired) electrons. The Morgan fingerprint density at radius 2 is 2.05 bits per heavy atom. The van der Waals surface area contributed by atoms with Gasteiger partial charge in [0.2, 0.25) is 0 Å². The molecule has 0 saturated carbocycles. The van der Waals surface area contributed by atoms with E-state index in [1.807, 2.05) is 26.0 Å². The van der Waals surface area contributed by atoms with Crippen LogP contribution in [-0.2, 0) is 10.0 Å². The SMILES string of the molecule is CC(C)CN(CCC#N)S(=O)(=O)c1ccc(C#N)s1. The van der Waals surface area contributed by atoms with Crippen LogP contribution in [0.3, 0.4) is 0 Å². The summed E-state index contributed by atoms with van der Waals surface area (Å²) in [7, 11) is -3.61. The van der Waals surface area contributed by atoms with Crippen LogP contribution >= 0.6 is 11.3 Å². The number of nitrogens with zero attached hydrogens (tertiary/aromatic N) is 3. The number of rotatable bonds is 6. The minimum Gasteiger partial charge on any atom is -0.206 e. The van der Waals surface area contributed by atoms with Gasteiger partial charge in [0.1, 0.15) is 15.2 Å². The molecule has 0 atom stereocenters. The molecule has 0 spiro atoms. The monoisotopic (exact) mass is 297 g/mol. The number of sulfonamides is 1. The van der Waals surface area contributed by atoms with Crippen molar-refractivity contribution in [3.8, 4) is 12.1 Å². The molecule has 0 bridgehead atoms. The van der Waals surface area contributed by atoms with Crippen LogP contribution in [0.15, 0.2) is 16.3 Å². The first-order chi connectivity index (χ1) is 8.91. The third kappa shape index (κ3) is 4.03. The molecule has 1 rings (SSSR count). The summed E-state index contributed by atoms with van der Waals surface area (Å²) in [5.41, 5.74) is 0. The third-order valence-corrected chi connectivity index (χ3v) is 5.65. The van der Waals surface area contributed by atoms with E-state index in [1.165, 1.54) is 16.4 Å². The first-order valence-electron chi connectivity index (χ1n) is 5.79. The molecule has 1 heterocycles. The Hall–Kier alpha value is -1.41. The van der Waals surface area contributed by atoms with Crippen LogP contribution in [0.25, 0.3) is 0 Å². The minimum absolute atomic E-state index is 0.155. The molecule has 0 N–H and O–H groups in total. The molecule has 0 saturated heterocycles. The lowest BCUT2D eigenvalue weighted by atomic mass is 10.2. The molecule has 1 aromatic rings. The molecule has 102 valence electrons. The van der Waals surface area contributed by atoms with Gasteiger partial charge in [-0.3, -0.25) is 0 Å². The fraction of sp³-hybridized carbons (Fsp3) is 0.500. The molecule has 19 heavy (non-hydrogen) atoms. The molecule has 0 aliphatic carbocycles. The van der Waals surface area contributed by atoms with Crippen LogP contribution in [0, 0.1) is 28.6 Å². The van der Waals surface area contributed by atoms with Crippen LogP contribution in [-0.4, -0.2) is 25.8 Å². The summed E-state index contributed by atoms with van der Waals surface area (Å²) < 4.78 is 26.3. The molecule has 0 aliphatic heterocycles. The Kier molecular flexibility index (Phi) is 5.49. The lowest BCUT2D eigenvalue weighted by Gasteiger charge is -2.22. The van der Waals surface area contributed by atoms with Crippen LogP contribution < -0.4 is 0 Å². The van der Waals surface area contributed by atoms with E-state index in [0.29, 0.717) is 11.4 Å². The van der Waals surface area contributed by atoms with Crippen molar-refractivity contribution in [1.82, 2.24) is 4.31 Å². The molecular weight excluding hydrogens is 282 g/mol. The first kappa shape index (κ1) is 15.6. The third-order valence-electron chi connectivity index (χ3n) is 2.33. The predicted octanol–water partition coefficient (Wildman–Crippen LogP) is 2.18. The molecule has 0 fully saturated rings. The summed E-state index contributed by atoms with van der Waals surface area (Å²) in [6, 6.07) is 6.82. The Morgan fingerprint density at radius 3 is 2.53 bits per heavy atom. The fourth-order valence-electron chi connectivity index (χ4n) is 1.54. The van der Waals surface area contributed by atoms with Gasteiger partial charge in [0, 0.05) is 19.5 Å². The zero-order valence-corrected chi connectivity index (χ0v) is 12.5. The van der Waals surface area contributed by atoms with E-state index >= 15 is 0 Å². The van der Waals surface area contributed by atoms with Gasteiger partial charge in [-0.25, -0.2) is 8.42 Å². The van der Waals surface area contributed by atoms with Gasteiger partial charge in [-0.15, -0.1) is 11.3 Å². The van der Waals surface area contributed by atoms with Crippen LogP contribution in [0.2, 0.25) is 0 Å². The maximum Gasteiger partial charge on any atom is 0.252 e. The quantitative estimate of drug-likeness (QED) is 0.805. The zero-order chi connectivity index (χ0) is 14.5. The first-order valence-corrected chi connectivity index (χ1v) is 8.04. The highest BCUT2D eigenvalue weighted by atomic mass is 32.2. The summed E-state index contributed by atoms with van der Waals surface area (Å²) in [4.78, 5) is 0.364. The summed E-state index contributed by atoms with van der Waals surface area (Å²) in [5, 5.41) is 17.4. The maximum absolute atomic E-state index is 12.4. The smallest absolute Gasteiger partial charge is 0.206 e. The molecule has 1 aromatic heterocycles. The Labute approximate surface area is 117 Å². The van der Waals surface area contributed by atoms with Gasteiger partial charge in [0.05, 0.1) is 6.07 Å². The number of hydrogen-bond acceptors (Lipinski definition) is 5. The summed E-state index contributed by atoms with van der Waals surface area (Å²) in [5.74, 6) is 0.170. The van der Waals surface area contributed by atoms with Crippen molar-refractivity contribution in [3.63, 3.8) is 0 Å². The lowest BCUT2D eigenvalue weighted by molar-refractivity contribution is 0.374. The second kappa shape index (κ2) is 6.67. The van der Waals surface area contributed by atoms with Crippen molar-refractivity contribution in [2.75, 3.05) is 13.1 Å². The highest BCUT2D eigenvalue weighted by Gasteiger charge is 2.26. The minimum atomic E-state index is -3.61. The number of hydrogen-bond donors (Lipinski definition) is 0. The number of nitriles is 2. The van der Waals surface area contributed by atoms with Gasteiger partial charge in [-0.1, -0.05) is 13.8 Å². The van der Waals surface area contributed by atoms with E-state index in [4.69, 9.17) is 10.5 Å². The van der Waals surface area contributed by atoms with E-state index in [9.17, 15) is 8.42 Å². The topological polar surface area (TPSA) is 85.0 Å². The van der Waals surface area contributed by atoms with Crippen LogP contribution in [0.4, 0.5) is 0 Å². The highest BCUT2D eigenvalue weighted by Crippen LogP contribution is 2.25. The molecule has 0 aromatic carbocycles. The van der Waals surface area contributed by atoms with E-state index in [2.05, 4.69) is 0 Å². The van der Waals surface area contributed by atoms with Gasteiger partial charge in [-0.2, -0.15) is 14.8 Å². The second-order valence-corrected chi connectivity index (χ2v) is 7.64. The van der Waals surface area contributed by atoms with Crippen molar-refractivity contribution in [3.05, 3.63) is 17.0 Å². The van der Waals surface area contributed by atoms with E-state index in [0.717, 1.165) is 11.3 Å². The molecule has 5 nitrogen and oxygen atoms in total. The standard InChI is InChI=1S/C12H15N3O2S2/c1-10(2)9-15(7-3-6-13)19(16,17)12-5-4-11(8-14)18-12/h4-5,10H,3,7,9H2,1-2H3. The van der Waals surface area contributed by atoms with Crippen LogP contribution in [0.1, 0.15) is 25.1 Å². The summed E-state index contributed by atoms with van der Waals surface area (Å²) in [6.07, 6.45) is 0.155. The highest BCUT2D eigenvalue weighted by molar-refractivity contribution is 7.91. The normalized spacial score (nSPS) is 11.5. The zero-order valence-electron chi connectivity index (χ0n) is 10.8. The maximum atomic E-state index is 12.4. The fourth-order valence-corrected chi connectivity index (χ4v) is 4.40. The van der Waals surface area contributed by atoms with Crippen molar-refractivity contribution in [1.29, 1.82) is 10.5 Å². The largest absolute Gasteiger partial charge is 0.252 e. The van der Waals surface area contributed by atoms with Gasteiger partial charge in [-0.05, 0) is 18.1 Å². The average molecular weight is 297 g/mol. The Bertz CT molecular complexity index is 606. The van der Waals surface area contributed by atoms with Gasteiger partial charge < -0.3 is 0 Å². The molecule has 0 unspecified atom stereocenters. The summed E-state index contributed by atoms with van der Waals surface area (Å²) >= 11 is 0.955. The molecule has 0 aliphatic rings. The Morgan fingerprint density at radius 1 is 1.37 bits per heavy atom. The second-order valence-electron chi connectivity index (χ2n) is 4.40. The van der Waals surface area contributed by atoms with Crippen molar-refractivity contribution in [2.24, 2.45) is 5.92 Å². The van der Waals surface area contributed by atoms with Crippen molar-refractivity contribution in [2.45, 2.75) is 24.5 Å². The number of thiophene rings is 1.